The maximum atomic E-state index is 11.6. The second-order valence-electron chi connectivity index (χ2n) is 6.11. The van der Waals surface area contributed by atoms with E-state index in [1.807, 2.05) is 23.1 Å². The van der Waals surface area contributed by atoms with E-state index in [0.29, 0.717) is 53.9 Å². The number of fused-ring (bicyclic) bond motifs is 1. The second kappa shape index (κ2) is 8.24. The van der Waals surface area contributed by atoms with Crippen molar-refractivity contribution in [2.75, 3.05) is 36.1 Å². The summed E-state index contributed by atoms with van der Waals surface area (Å²) in [5.41, 5.74) is 2.27. The molecule has 0 aliphatic carbocycles. The first-order chi connectivity index (χ1) is 13.2. The van der Waals surface area contributed by atoms with E-state index in [1.54, 1.807) is 0 Å². The van der Waals surface area contributed by atoms with Crippen LogP contribution in [0, 0.1) is 0 Å². The predicted octanol–water partition coefficient (Wildman–Crippen LogP) is 2.26. The highest BCUT2D eigenvalue weighted by Gasteiger charge is 2.24. The van der Waals surface area contributed by atoms with Gasteiger partial charge in [-0.3, -0.25) is 0 Å². The number of halogens is 1. The average Bonchev–Trinajstić information content (AvgIpc) is 2.69. The number of hydrogen-bond acceptors (Lipinski definition) is 7. The standard InChI is InChI=1S/C18H18ClN5O2S/c19-18-22-15-14(16(23-18)24-7-10-27(25)11-8-24)20-12-21-17(15)26-9-6-13-4-2-1-3-5-13/h1-5,12H,6-11H2. The molecule has 1 aliphatic rings. The van der Waals surface area contributed by atoms with Crippen LogP contribution in [0.15, 0.2) is 36.7 Å². The van der Waals surface area contributed by atoms with Gasteiger partial charge in [0, 0.05) is 6.42 Å². The summed E-state index contributed by atoms with van der Waals surface area (Å²) in [5.74, 6) is 2.24. The molecule has 7 nitrogen and oxygen atoms in total. The quantitative estimate of drug-likeness (QED) is 0.477. The minimum absolute atomic E-state index is 0.118. The molecule has 0 spiro atoms. The number of nitrogens with zero attached hydrogens (tertiary/aromatic N) is 5. The van der Waals surface area contributed by atoms with Crippen molar-refractivity contribution >= 4 is 39.6 Å². The van der Waals surface area contributed by atoms with Gasteiger partial charge in [0.15, 0.2) is 11.3 Å². The molecule has 27 heavy (non-hydrogen) atoms. The Labute approximate surface area is 165 Å². The molecular weight excluding hydrogens is 386 g/mol. The molecule has 0 N–H and O–H groups in total. The highest BCUT2D eigenvalue weighted by atomic mass is 35.5. The highest BCUT2D eigenvalue weighted by Crippen LogP contribution is 2.29. The van der Waals surface area contributed by atoms with Crippen LogP contribution in [0.25, 0.3) is 11.0 Å². The molecule has 0 unspecified atom stereocenters. The summed E-state index contributed by atoms with van der Waals surface area (Å²) in [5, 5.41) is 0.118. The van der Waals surface area contributed by atoms with Crippen molar-refractivity contribution < 1.29 is 9.29 Å². The lowest BCUT2D eigenvalue weighted by molar-refractivity contribution is 0.312. The molecule has 140 valence electrons. The lowest BCUT2D eigenvalue weighted by atomic mass is 10.2. The van der Waals surface area contributed by atoms with E-state index in [9.17, 15) is 4.55 Å². The van der Waals surface area contributed by atoms with Gasteiger partial charge < -0.3 is 14.2 Å². The number of ether oxygens (including phenoxy) is 1. The summed E-state index contributed by atoms with van der Waals surface area (Å²) in [6.45, 7) is 1.75. The Bertz CT molecular complexity index is 922. The van der Waals surface area contributed by atoms with E-state index in [2.05, 4.69) is 32.1 Å². The fraction of sp³-hybridized carbons (Fsp3) is 0.333. The highest BCUT2D eigenvalue weighted by molar-refractivity contribution is 7.91. The van der Waals surface area contributed by atoms with E-state index in [0.717, 1.165) is 6.42 Å². The minimum atomic E-state index is -0.776. The molecule has 3 heterocycles. The van der Waals surface area contributed by atoms with Gasteiger partial charge in [-0.1, -0.05) is 41.5 Å². The zero-order valence-corrected chi connectivity index (χ0v) is 16.1. The van der Waals surface area contributed by atoms with Gasteiger partial charge in [-0.2, -0.15) is 9.97 Å². The van der Waals surface area contributed by atoms with Crippen LogP contribution in [0.2, 0.25) is 5.28 Å². The summed E-state index contributed by atoms with van der Waals surface area (Å²) in [6, 6.07) is 10.1. The summed E-state index contributed by atoms with van der Waals surface area (Å²) in [6.07, 6.45) is 2.21. The number of benzene rings is 1. The van der Waals surface area contributed by atoms with Crippen molar-refractivity contribution in [1.29, 1.82) is 0 Å². The molecule has 3 aromatic rings. The Morgan fingerprint density at radius 3 is 2.63 bits per heavy atom. The number of rotatable bonds is 5. The fourth-order valence-corrected chi connectivity index (χ4v) is 4.19. The van der Waals surface area contributed by atoms with Crippen LogP contribution in [0.3, 0.4) is 0 Å². The first kappa shape index (κ1) is 18.2. The smallest absolute Gasteiger partial charge is 0.244 e. The van der Waals surface area contributed by atoms with Gasteiger partial charge in [-0.25, -0.2) is 9.97 Å². The Morgan fingerprint density at radius 2 is 1.85 bits per heavy atom. The number of anilines is 1. The zero-order valence-electron chi connectivity index (χ0n) is 14.5. The Kier molecular flexibility index (Phi) is 5.56. The maximum absolute atomic E-state index is 11.6. The lowest BCUT2D eigenvalue weighted by Crippen LogP contribution is -2.41. The van der Waals surface area contributed by atoms with Crippen LogP contribution in [-0.4, -0.2) is 55.7 Å². The zero-order chi connectivity index (χ0) is 18.6. The molecule has 1 aliphatic heterocycles. The third kappa shape index (κ3) is 4.23. The van der Waals surface area contributed by atoms with Crippen molar-refractivity contribution in [2.45, 2.75) is 6.42 Å². The molecule has 0 saturated carbocycles. The van der Waals surface area contributed by atoms with Crippen molar-refractivity contribution in [3.05, 3.63) is 47.5 Å². The van der Waals surface area contributed by atoms with E-state index < -0.39 is 11.2 Å². The SMILES string of the molecule is [O-][S+]1CCN(c2nc(Cl)nc3c(OCCc4ccccc4)ncnc23)CC1. The average molecular weight is 404 g/mol. The first-order valence-electron chi connectivity index (χ1n) is 8.65. The summed E-state index contributed by atoms with van der Waals surface area (Å²) in [4.78, 5) is 19.3. The van der Waals surface area contributed by atoms with Gasteiger partial charge in [-0.05, 0) is 17.2 Å². The molecule has 0 radical (unpaired) electrons. The first-order valence-corrected chi connectivity index (χ1v) is 10.5. The maximum Gasteiger partial charge on any atom is 0.244 e. The van der Waals surface area contributed by atoms with E-state index >= 15 is 0 Å². The van der Waals surface area contributed by atoms with Gasteiger partial charge >= 0.3 is 0 Å². The molecule has 0 atom stereocenters. The molecule has 1 saturated heterocycles. The summed E-state index contributed by atoms with van der Waals surface area (Å²) in [7, 11) is 0. The van der Waals surface area contributed by atoms with Gasteiger partial charge in [0.05, 0.1) is 19.7 Å². The van der Waals surface area contributed by atoms with Gasteiger partial charge in [0.1, 0.15) is 23.3 Å². The van der Waals surface area contributed by atoms with Crippen LogP contribution in [0.5, 0.6) is 5.88 Å². The minimum Gasteiger partial charge on any atom is -0.616 e. The fourth-order valence-electron chi connectivity index (χ4n) is 2.97. The van der Waals surface area contributed by atoms with Crippen LogP contribution >= 0.6 is 11.6 Å². The third-order valence-electron chi connectivity index (χ3n) is 4.35. The third-order valence-corrected chi connectivity index (χ3v) is 5.80. The monoisotopic (exact) mass is 403 g/mol. The normalized spacial score (nSPS) is 15.3. The van der Waals surface area contributed by atoms with Crippen molar-refractivity contribution in [1.82, 2.24) is 19.9 Å². The molecule has 0 bridgehead atoms. The van der Waals surface area contributed by atoms with Crippen molar-refractivity contribution in [2.24, 2.45) is 0 Å². The van der Waals surface area contributed by atoms with Crippen LogP contribution in [-0.2, 0) is 17.6 Å². The van der Waals surface area contributed by atoms with Gasteiger partial charge in [0.2, 0.25) is 11.2 Å². The Balaban J connectivity index is 1.59. The largest absolute Gasteiger partial charge is 0.616 e. The molecule has 1 fully saturated rings. The molecule has 1 aromatic carbocycles. The van der Waals surface area contributed by atoms with E-state index in [4.69, 9.17) is 16.3 Å². The Hall–Kier alpha value is -2.16. The van der Waals surface area contributed by atoms with Crippen molar-refractivity contribution in [3.8, 4) is 5.88 Å². The van der Waals surface area contributed by atoms with Crippen LogP contribution < -0.4 is 9.64 Å². The lowest BCUT2D eigenvalue weighted by Gasteiger charge is -2.29. The number of hydrogen-bond donors (Lipinski definition) is 0. The summed E-state index contributed by atoms with van der Waals surface area (Å²) < 4.78 is 17.5. The molecular formula is C18H18ClN5O2S. The molecule has 2 aromatic heterocycles. The predicted molar refractivity (Wildman–Crippen MR) is 106 cm³/mol. The Morgan fingerprint density at radius 1 is 1.07 bits per heavy atom. The van der Waals surface area contributed by atoms with Gasteiger partial charge in [0.25, 0.3) is 0 Å². The van der Waals surface area contributed by atoms with Gasteiger partial charge in [-0.15, -0.1) is 0 Å². The summed E-state index contributed by atoms with van der Waals surface area (Å²) >= 11 is 5.38. The molecule has 4 rings (SSSR count). The van der Waals surface area contributed by atoms with E-state index in [-0.39, 0.29) is 5.28 Å². The van der Waals surface area contributed by atoms with Crippen molar-refractivity contribution in [3.63, 3.8) is 0 Å². The van der Waals surface area contributed by atoms with Crippen LogP contribution in [0.4, 0.5) is 5.82 Å². The van der Waals surface area contributed by atoms with E-state index in [1.165, 1.54) is 11.9 Å². The topological polar surface area (TPSA) is 87.1 Å². The van der Waals surface area contributed by atoms with Crippen LogP contribution in [0.1, 0.15) is 5.56 Å². The number of aromatic nitrogens is 4. The molecule has 9 heteroatoms. The molecule has 0 amide bonds. The second-order valence-corrected chi connectivity index (χ2v) is 8.15.